The summed E-state index contributed by atoms with van der Waals surface area (Å²) < 4.78 is 5.13. The summed E-state index contributed by atoms with van der Waals surface area (Å²) in [5.41, 5.74) is 1.12. The summed E-state index contributed by atoms with van der Waals surface area (Å²) in [7, 11) is 1.61. The Morgan fingerprint density at radius 1 is 1.00 bits per heavy atom. The quantitative estimate of drug-likeness (QED) is 0.909. The number of nitriles is 1. The predicted molar refractivity (Wildman–Crippen MR) is 90.2 cm³/mol. The van der Waals surface area contributed by atoms with Crippen molar-refractivity contribution >= 4 is 0 Å². The van der Waals surface area contributed by atoms with Crippen LogP contribution in [-0.4, -0.2) is 23.9 Å². The van der Waals surface area contributed by atoms with E-state index in [0.717, 1.165) is 16.9 Å². The number of methoxy groups -OCH3 is 1. The highest BCUT2D eigenvalue weighted by molar-refractivity contribution is 5.41. The Morgan fingerprint density at radius 3 is 1.78 bits per heavy atom. The van der Waals surface area contributed by atoms with Gasteiger partial charge in [0.2, 0.25) is 0 Å². The van der Waals surface area contributed by atoms with E-state index in [2.05, 4.69) is 6.07 Å². The van der Waals surface area contributed by atoms with Gasteiger partial charge in [0, 0.05) is 6.61 Å². The van der Waals surface area contributed by atoms with Gasteiger partial charge in [-0.25, -0.2) is 0 Å². The van der Waals surface area contributed by atoms with E-state index in [4.69, 9.17) is 15.1 Å². The van der Waals surface area contributed by atoms with Gasteiger partial charge in [-0.05, 0) is 48.7 Å². The minimum atomic E-state index is -1.06. The Bertz CT molecular complexity index is 629. The predicted octanol–water partition coefficient (Wildman–Crippen LogP) is 3.21. The molecule has 2 rings (SSSR count). The summed E-state index contributed by atoms with van der Waals surface area (Å²) in [6.45, 7) is 3.86. The van der Waals surface area contributed by atoms with Gasteiger partial charge >= 0.3 is 0 Å². The van der Waals surface area contributed by atoms with E-state index in [0.29, 0.717) is 12.0 Å². The van der Waals surface area contributed by atoms with Crippen LogP contribution in [0.1, 0.15) is 37.0 Å². The summed E-state index contributed by atoms with van der Waals surface area (Å²) in [6, 6.07) is 16.5. The van der Waals surface area contributed by atoms with Crippen molar-refractivity contribution in [1.29, 1.82) is 5.26 Å². The second-order valence-electron chi connectivity index (χ2n) is 4.95. The van der Waals surface area contributed by atoms with Gasteiger partial charge in [-0.1, -0.05) is 31.2 Å². The summed E-state index contributed by atoms with van der Waals surface area (Å²) in [5, 5.41) is 27.4. The second kappa shape index (κ2) is 8.94. The van der Waals surface area contributed by atoms with E-state index in [1.165, 1.54) is 0 Å². The van der Waals surface area contributed by atoms with Gasteiger partial charge in [0.15, 0.2) is 0 Å². The molecule has 122 valence electrons. The molecule has 0 amide bonds. The summed E-state index contributed by atoms with van der Waals surface area (Å²) in [6.07, 6.45) is 0.547. The lowest BCUT2D eigenvalue weighted by Gasteiger charge is -2.28. The minimum absolute atomic E-state index is 0.250. The van der Waals surface area contributed by atoms with Gasteiger partial charge in [0.05, 0.1) is 18.7 Å². The molecule has 0 heterocycles. The lowest BCUT2D eigenvalue weighted by Crippen LogP contribution is -2.26. The standard InChI is InChI=1S/C17H17NO2.C2H6O/c1-3-17(19,14-6-4-13(12-18)5-7-14)15-8-10-16(20-2)11-9-15;1-2-3/h4-11,19H,3H2,1-2H3;3H,2H2,1H3. The fourth-order valence-corrected chi connectivity index (χ4v) is 2.26. The first-order valence-electron chi connectivity index (χ1n) is 7.54. The third-order valence-electron chi connectivity index (χ3n) is 3.57. The molecule has 1 unspecified atom stereocenters. The van der Waals surface area contributed by atoms with Crippen LogP contribution in [0.15, 0.2) is 48.5 Å². The van der Waals surface area contributed by atoms with Gasteiger partial charge < -0.3 is 14.9 Å². The van der Waals surface area contributed by atoms with E-state index in [1.54, 1.807) is 38.3 Å². The number of rotatable bonds is 4. The Labute approximate surface area is 137 Å². The van der Waals surface area contributed by atoms with E-state index < -0.39 is 5.60 Å². The lowest BCUT2D eigenvalue weighted by atomic mass is 9.84. The molecule has 0 aliphatic rings. The fraction of sp³-hybridized carbons (Fsp3) is 0.316. The number of aliphatic hydroxyl groups is 2. The van der Waals surface area contributed by atoms with Crippen LogP contribution >= 0.6 is 0 Å². The summed E-state index contributed by atoms with van der Waals surface area (Å²) in [4.78, 5) is 0. The number of nitrogens with zero attached hydrogens (tertiary/aromatic N) is 1. The molecular formula is C19H23NO3. The van der Waals surface area contributed by atoms with Crippen molar-refractivity contribution in [3.63, 3.8) is 0 Å². The normalized spacial score (nSPS) is 12.3. The smallest absolute Gasteiger partial charge is 0.118 e. The SMILES string of the molecule is CCC(O)(c1ccc(C#N)cc1)c1ccc(OC)cc1.CCO. The Morgan fingerprint density at radius 2 is 1.43 bits per heavy atom. The molecule has 2 aromatic carbocycles. The summed E-state index contributed by atoms with van der Waals surface area (Å²) in [5.74, 6) is 0.757. The highest BCUT2D eigenvalue weighted by Gasteiger charge is 2.29. The first-order valence-corrected chi connectivity index (χ1v) is 7.54. The van der Waals surface area contributed by atoms with Crippen LogP contribution in [0.4, 0.5) is 0 Å². The van der Waals surface area contributed by atoms with E-state index in [9.17, 15) is 5.11 Å². The van der Waals surface area contributed by atoms with Crippen molar-refractivity contribution in [2.24, 2.45) is 0 Å². The fourth-order valence-electron chi connectivity index (χ4n) is 2.26. The van der Waals surface area contributed by atoms with Gasteiger partial charge in [0.1, 0.15) is 11.4 Å². The number of benzene rings is 2. The van der Waals surface area contributed by atoms with Gasteiger partial charge in [0.25, 0.3) is 0 Å². The van der Waals surface area contributed by atoms with Crippen LogP contribution in [0.2, 0.25) is 0 Å². The molecule has 0 aliphatic heterocycles. The molecule has 0 saturated heterocycles. The van der Waals surface area contributed by atoms with Crippen molar-refractivity contribution in [2.75, 3.05) is 13.7 Å². The van der Waals surface area contributed by atoms with Crippen molar-refractivity contribution in [3.8, 4) is 11.8 Å². The number of ether oxygens (including phenoxy) is 1. The third kappa shape index (κ3) is 4.56. The Hall–Kier alpha value is -2.35. The zero-order chi connectivity index (χ0) is 17.3. The van der Waals surface area contributed by atoms with Crippen molar-refractivity contribution < 1.29 is 14.9 Å². The molecule has 0 aromatic heterocycles. The van der Waals surface area contributed by atoms with Crippen LogP contribution < -0.4 is 4.74 Å². The molecular weight excluding hydrogens is 290 g/mol. The molecule has 0 fully saturated rings. The molecule has 4 heteroatoms. The zero-order valence-electron chi connectivity index (χ0n) is 13.8. The first-order chi connectivity index (χ1) is 11.0. The van der Waals surface area contributed by atoms with Crippen LogP contribution in [0.3, 0.4) is 0 Å². The third-order valence-corrected chi connectivity index (χ3v) is 3.57. The van der Waals surface area contributed by atoms with Crippen molar-refractivity contribution in [3.05, 3.63) is 65.2 Å². The lowest BCUT2D eigenvalue weighted by molar-refractivity contribution is 0.0765. The van der Waals surface area contributed by atoms with Crippen LogP contribution in [0, 0.1) is 11.3 Å². The first kappa shape index (κ1) is 18.7. The van der Waals surface area contributed by atoms with Crippen LogP contribution in [0.5, 0.6) is 5.75 Å². The molecule has 2 aromatic rings. The van der Waals surface area contributed by atoms with Gasteiger partial charge in [-0.2, -0.15) is 5.26 Å². The van der Waals surface area contributed by atoms with Crippen LogP contribution in [0.25, 0.3) is 0 Å². The molecule has 0 saturated carbocycles. The topological polar surface area (TPSA) is 73.5 Å². The largest absolute Gasteiger partial charge is 0.497 e. The zero-order valence-corrected chi connectivity index (χ0v) is 13.8. The average Bonchev–Trinajstić information content (AvgIpc) is 2.62. The number of aliphatic hydroxyl groups excluding tert-OH is 1. The second-order valence-corrected chi connectivity index (χ2v) is 4.95. The maximum absolute atomic E-state index is 11.0. The molecule has 0 spiro atoms. The van der Waals surface area contributed by atoms with Gasteiger partial charge in [-0.3, -0.25) is 0 Å². The van der Waals surface area contributed by atoms with Crippen molar-refractivity contribution in [1.82, 2.24) is 0 Å². The highest BCUT2D eigenvalue weighted by Crippen LogP contribution is 2.33. The molecule has 0 aliphatic carbocycles. The highest BCUT2D eigenvalue weighted by atomic mass is 16.5. The maximum atomic E-state index is 11.0. The monoisotopic (exact) mass is 313 g/mol. The summed E-state index contributed by atoms with van der Waals surface area (Å²) >= 11 is 0. The van der Waals surface area contributed by atoms with E-state index in [1.807, 2.05) is 31.2 Å². The van der Waals surface area contributed by atoms with E-state index in [-0.39, 0.29) is 6.61 Å². The van der Waals surface area contributed by atoms with E-state index >= 15 is 0 Å². The number of hydrogen-bond donors (Lipinski definition) is 2. The Kier molecular flexibility index (Phi) is 7.27. The van der Waals surface area contributed by atoms with Crippen LogP contribution in [-0.2, 0) is 5.60 Å². The van der Waals surface area contributed by atoms with Crippen molar-refractivity contribution in [2.45, 2.75) is 25.9 Å². The molecule has 0 bridgehead atoms. The molecule has 4 nitrogen and oxygen atoms in total. The number of hydrogen-bond acceptors (Lipinski definition) is 4. The molecule has 0 radical (unpaired) electrons. The Balaban J connectivity index is 0.000000816. The molecule has 2 N–H and O–H groups in total. The molecule has 23 heavy (non-hydrogen) atoms. The minimum Gasteiger partial charge on any atom is -0.497 e. The maximum Gasteiger partial charge on any atom is 0.118 e. The van der Waals surface area contributed by atoms with Gasteiger partial charge in [-0.15, -0.1) is 0 Å². The average molecular weight is 313 g/mol. The molecule has 1 atom stereocenters.